The van der Waals surface area contributed by atoms with Crippen molar-refractivity contribution in [2.45, 2.75) is 13.8 Å². The van der Waals surface area contributed by atoms with Crippen molar-refractivity contribution in [3.05, 3.63) is 77.4 Å². The van der Waals surface area contributed by atoms with Gasteiger partial charge < -0.3 is 18.8 Å². The van der Waals surface area contributed by atoms with E-state index >= 15 is 0 Å². The molecule has 0 bridgehead atoms. The molecule has 4 aromatic rings. The standard InChI is InChI=1S/C26H28N4O/c1-19-17-21(20(2)30(19)22-7-5-4-6-8-22)9-12-26-27-24-18-23(10-11-25(24)31-26)29-15-13-28(3)14-16-29/h4-12,17-18H,13-16H2,1-3H3/b12-9+. The summed E-state index contributed by atoms with van der Waals surface area (Å²) in [6.07, 6.45) is 4.06. The molecule has 1 aliphatic heterocycles. The summed E-state index contributed by atoms with van der Waals surface area (Å²) in [6, 6.07) is 19.0. The first-order valence-corrected chi connectivity index (χ1v) is 10.8. The van der Waals surface area contributed by atoms with Crippen molar-refractivity contribution in [1.29, 1.82) is 0 Å². The lowest BCUT2D eigenvalue weighted by Crippen LogP contribution is -2.44. The van der Waals surface area contributed by atoms with Crippen molar-refractivity contribution in [2.75, 3.05) is 38.1 Å². The minimum Gasteiger partial charge on any atom is -0.437 e. The SMILES string of the molecule is Cc1cc(/C=C/c2nc3cc(N4CCN(C)CC4)ccc3o2)c(C)n1-c1ccccc1. The number of rotatable bonds is 4. The molecule has 0 aliphatic carbocycles. The normalized spacial score (nSPS) is 15.4. The molecule has 1 aliphatic rings. The third-order valence-electron chi connectivity index (χ3n) is 6.15. The number of aromatic nitrogens is 2. The third-order valence-corrected chi connectivity index (χ3v) is 6.15. The Labute approximate surface area is 183 Å². The molecule has 0 atom stereocenters. The second kappa shape index (κ2) is 8.08. The van der Waals surface area contributed by atoms with E-state index in [0.717, 1.165) is 37.3 Å². The maximum Gasteiger partial charge on any atom is 0.220 e. The van der Waals surface area contributed by atoms with Gasteiger partial charge in [0, 0.05) is 55.0 Å². The van der Waals surface area contributed by atoms with Crippen molar-refractivity contribution >= 4 is 28.9 Å². The number of piperazine rings is 1. The highest BCUT2D eigenvalue weighted by Crippen LogP contribution is 2.26. The Bertz CT molecular complexity index is 1230. The van der Waals surface area contributed by atoms with Crippen molar-refractivity contribution < 1.29 is 4.42 Å². The van der Waals surface area contributed by atoms with Gasteiger partial charge in [0.2, 0.25) is 5.89 Å². The summed E-state index contributed by atoms with van der Waals surface area (Å²) >= 11 is 0. The summed E-state index contributed by atoms with van der Waals surface area (Å²) in [7, 11) is 2.17. The molecule has 0 amide bonds. The summed E-state index contributed by atoms with van der Waals surface area (Å²) in [5.41, 5.74) is 7.71. The lowest BCUT2D eigenvalue weighted by molar-refractivity contribution is 0.313. The van der Waals surface area contributed by atoms with Crippen molar-refractivity contribution in [1.82, 2.24) is 14.5 Å². The van der Waals surface area contributed by atoms with Crippen LogP contribution in [0.1, 0.15) is 22.8 Å². The van der Waals surface area contributed by atoms with Crippen LogP contribution in [0.4, 0.5) is 5.69 Å². The number of anilines is 1. The van der Waals surface area contributed by atoms with E-state index in [1.54, 1.807) is 0 Å². The van der Waals surface area contributed by atoms with E-state index < -0.39 is 0 Å². The summed E-state index contributed by atoms with van der Waals surface area (Å²) in [4.78, 5) is 9.50. The van der Waals surface area contributed by atoms with Gasteiger partial charge in [0.05, 0.1) is 0 Å². The van der Waals surface area contributed by atoms with E-state index in [-0.39, 0.29) is 0 Å². The second-order valence-corrected chi connectivity index (χ2v) is 8.33. The summed E-state index contributed by atoms with van der Waals surface area (Å²) in [5.74, 6) is 0.634. The minimum absolute atomic E-state index is 0.634. The van der Waals surface area contributed by atoms with Gasteiger partial charge in [-0.15, -0.1) is 0 Å². The smallest absolute Gasteiger partial charge is 0.220 e. The van der Waals surface area contributed by atoms with Gasteiger partial charge in [-0.05, 0) is 68.9 Å². The van der Waals surface area contributed by atoms with E-state index in [1.807, 2.05) is 18.2 Å². The largest absolute Gasteiger partial charge is 0.437 e. The molecule has 31 heavy (non-hydrogen) atoms. The highest BCUT2D eigenvalue weighted by atomic mass is 16.3. The van der Waals surface area contributed by atoms with Crippen LogP contribution in [0.25, 0.3) is 28.9 Å². The van der Waals surface area contributed by atoms with Gasteiger partial charge in [-0.2, -0.15) is 0 Å². The topological polar surface area (TPSA) is 37.4 Å². The summed E-state index contributed by atoms with van der Waals surface area (Å²) in [5, 5.41) is 0. The van der Waals surface area contributed by atoms with Crippen LogP contribution in [-0.4, -0.2) is 47.7 Å². The van der Waals surface area contributed by atoms with Crippen molar-refractivity contribution in [2.24, 2.45) is 0 Å². The molecule has 0 unspecified atom stereocenters. The maximum absolute atomic E-state index is 5.98. The Hall–Kier alpha value is -3.31. The minimum atomic E-state index is 0.634. The Morgan fingerprint density at radius 2 is 1.65 bits per heavy atom. The molecule has 0 spiro atoms. The molecule has 0 radical (unpaired) electrons. The number of likely N-dealkylation sites (N-methyl/N-ethyl adjacent to an activating group) is 1. The third kappa shape index (κ3) is 3.89. The fraction of sp³-hybridized carbons (Fsp3) is 0.269. The van der Waals surface area contributed by atoms with Crippen LogP contribution in [0.5, 0.6) is 0 Å². The van der Waals surface area contributed by atoms with Crippen LogP contribution in [0.2, 0.25) is 0 Å². The first-order chi connectivity index (χ1) is 15.1. The average molecular weight is 413 g/mol. The van der Waals surface area contributed by atoms with Gasteiger partial charge in [0.1, 0.15) is 5.52 Å². The number of para-hydroxylation sites is 1. The van der Waals surface area contributed by atoms with Gasteiger partial charge in [0.25, 0.3) is 0 Å². The molecule has 2 aromatic carbocycles. The van der Waals surface area contributed by atoms with Crippen molar-refractivity contribution in [3.8, 4) is 5.69 Å². The predicted octanol–water partition coefficient (Wildman–Crippen LogP) is 5.16. The molecule has 158 valence electrons. The Balaban J connectivity index is 1.39. The van der Waals surface area contributed by atoms with Crippen LogP contribution >= 0.6 is 0 Å². The molecule has 0 saturated carbocycles. The number of hydrogen-bond donors (Lipinski definition) is 0. The Morgan fingerprint density at radius 3 is 2.42 bits per heavy atom. The van der Waals surface area contributed by atoms with E-state index in [1.165, 1.54) is 28.3 Å². The molecule has 5 heteroatoms. The molecule has 1 fully saturated rings. The van der Waals surface area contributed by atoms with Crippen LogP contribution in [0, 0.1) is 13.8 Å². The summed E-state index contributed by atoms with van der Waals surface area (Å²) in [6.45, 7) is 8.55. The Kier molecular flexibility index (Phi) is 5.12. The number of nitrogens with zero attached hydrogens (tertiary/aromatic N) is 4. The van der Waals surface area contributed by atoms with Gasteiger partial charge >= 0.3 is 0 Å². The second-order valence-electron chi connectivity index (χ2n) is 8.33. The van der Waals surface area contributed by atoms with Gasteiger partial charge in [0.15, 0.2) is 5.58 Å². The first kappa shape index (κ1) is 19.6. The predicted molar refractivity (Wildman–Crippen MR) is 128 cm³/mol. The van der Waals surface area contributed by atoms with E-state index in [4.69, 9.17) is 9.40 Å². The number of benzene rings is 2. The highest BCUT2D eigenvalue weighted by molar-refractivity contribution is 5.80. The molecule has 5 rings (SSSR count). The molecule has 1 saturated heterocycles. The van der Waals surface area contributed by atoms with Crippen LogP contribution in [0.3, 0.4) is 0 Å². The fourth-order valence-corrected chi connectivity index (χ4v) is 4.36. The fourth-order valence-electron chi connectivity index (χ4n) is 4.36. The van der Waals surface area contributed by atoms with E-state index in [0.29, 0.717) is 5.89 Å². The van der Waals surface area contributed by atoms with Gasteiger partial charge in [-0.1, -0.05) is 18.2 Å². The zero-order chi connectivity index (χ0) is 21.4. The van der Waals surface area contributed by atoms with Gasteiger partial charge in [-0.25, -0.2) is 4.98 Å². The number of aryl methyl sites for hydroxylation is 1. The van der Waals surface area contributed by atoms with E-state index in [2.05, 4.69) is 83.8 Å². The monoisotopic (exact) mass is 412 g/mol. The van der Waals surface area contributed by atoms with Crippen LogP contribution in [-0.2, 0) is 0 Å². The molecular weight excluding hydrogens is 384 g/mol. The molecular formula is C26H28N4O. The lowest BCUT2D eigenvalue weighted by Gasteiger charge is -2.33. The number of hydrogen-bond acceptors (Lipinski definition) is 4. The molecule has 5 nitrogen and oxygen atoms in total. The van der Waals surface area contributed by atoms with Crippen LogP contribution in [0.15, 0.2) is 59.0 Å². The van der Waals surface area contributed by atoms with Crippen molar-refractivity contribution in [3.63, 3.8) is 0 Å². The molecule has 0 N–H and O–H groups in total. The quantitative estimate of drug-likeness (QED) is 0.464. The van der Waals surface area contributed by atoms with Gasteiger partial charge in [-0.3, -0.25) is 0 Å². The number of fused-ring (bicyclic) bond motifs is 1. The molecule has 2 aromatic heterocycles. The maximum atomic E-state index is 5.98. The summed E-state index contributed by atoms with van der Waals surface area (Å²) < 4.78 is 8.25. The lowest BCUT2D eigenvalue weighted by atomic mass is 10.2. The van der Waals surface area contributed by atoms with Crippen LogP contribution < -0.4 is 4.90 Å². The molecule has 3 heterocycles. The Morgan fingerprint density at radius 1 is 0.871 bits per heavy atom. The first-order valence-electron chi connectivity index (χ1n) is 10.8. The van der Waals surface area contributed by atoms with E-state index in [9.17, 15) is 0 Å². The number of oxazole rings is 1. The highest BCUT2D eigenvalue weighted by Gasteiger charge is 2.15. The zero-order valence-corrected chi connectivity index (χ0v) is 18.4. The average Bonchev–Trinajstić information content (AvgIpc) is 3.32. The zero-order valence-electron chi connectivity index (χ0n) is 18.4.